The Kier molecular flexibility index (Phi) is 4.00. The van der Waals surface area contributed by atoms with E-state index >= 15 is 0 Å². The maximum atomic E-state index is 12.2. The molecule has 16 heavy (non-hydrogen) atoms. The molecule has 88 valence electrons. The summed E-state index contributed by atoms with van der Waals surface area (Å²) in [5.74, 6) is 0. The topological polar surface area (TPSA) is 43.1 Å². The van der Waals surface area contributed by atoms with Gasteiger partial charge < -0.3 is 5.73 Å². The van der Waals surface area contributed by atoms with Crippen LogP contribution in [-0.4, -0.2) is 15.5 Å². The van der Waals surface area contributed by atoms with Crippen LogP contribution in [0.15, 0.2) is 29.2 Å². The second-order valence-electron chi connectivity index (χ2n) is 4.29. The fourth-order valence-corrected chi connectivity index (χ4v) is 3.68. The van der Waals surface area contributed by atoms with E-state index in [1.807, 2.05) is 12.1 Å². The number of hydrogen-bond donors (Lipinski definition) is 1. The first-order valence-corrected chi connectivity index (χ1v) is 7.17. The Balaban J connectivity index is 2.05. The molecule has 0 amide bonds. The van der Waals surface area contributed by atoms with E-state index in [0.717, 1.165) is 30.6 Å². The lowest BCUT2D eigenvalue weighted by molar-refractivity contribution is 0.444. The van der Waals surface area contributed by atoms with Crippen molar-refractivity contribution in [1.82, 2.24) is 0 Å². The average molecular weight is 258 g/mol. The van der Waals surface area contributed by atoms with Crippen molar-refractivity contribution in [3.05, 3.63) is 29.3 Å². The van der Waals surface area contributed by atoms with E-state index < -0.39 is 10.8 Å². The minimum Gasteiger partial charge on any atom is -0.328 e. The maximum Gasteiger partial charge on any atom is 0.0560 e. The quantitative estimate of drug-likeness (QED) is 0.885. The van der Waals surface area contributed by atoms with Crippen LogP contribution in [0, 0.1) is 0 Å². The SMILES string of the molecule is NC1CCC(S(=O)c2ccc(Cl)cc2)CC1. The van der Waals surface area contributed by atoms with Gasteiger partial charge in [0, 0.05) is 21.2 Å². The fourth-order valence-electron chi connectivity index (χ4n) is 2.06. The summed E-state index contributed by atoms with van der Waals surface area (Å²) in [6.07, 6.45) is 3.92. The van der Waals surface area contributed by atoms with Gasteiger partial charge in [-0.3, -0.25) is 4.21 Å². The van der Waals surface area contributed by atoms with Crippen molar-refractivity contribution in [3.8, 4) is 0 Å². The molecule has 0 aromatic heterocycles. The number of nitrogens with two attached hydrogens (primary N) is 1. The zero-order chi connectivity index (χ0) is 11.5. The minimum atomic E-state index is -0.907. The molecule has 2 N–H and O–H groups in total. The highest BCUT2D eigenvalue weighted by Gasteiger charge is 2.24. The van der Waals surface area contributed by atoms with E-state index in [1.165, 1.54) is 0 Å². The van der Waals surface area contributed by atoms with Crippen LogP contribution in [0.5, 0.6) is 0 Å². The molecule has 0 radical (unpaired) electrons. The molecule has 0 heterocycles. The molecule has 1 fully saturated rings. The third-order valence-corrected chi connectivity index (χ3v) is 5.13. The van der Waals surface area contributed by atoms with Gasteiger partial charge in [0.05, 0.1) is 10.8 Å². The average Bonchev–Trinajstić information content (AvgIpc) is 2.30. The van der Waals surface area contributed by atoms with Crippen molar-refractivity contribution >= 4 is 22.4 Å². The molecule has 0 aliphatic heterocycles. The molecule has 2 rings (SSSR count). The van der Waals surface area contributed by atoms with E-state index in [0.29, 0.717) is 11.1 Å². The molecule has 1 aliphatic rings. The summed E-state index contributed by atoms with van der Waals surface area (Å²) in [6, 6.07) is 7.60. The third kappa shape index (κ3) is 2.84. The monoisotopic (exact) mass is 257 g/mol. The Labute approximate surface area is 104 Å². The normalized spacial score (nSPS) is 27.6. The molecule has 1 aromatic carbocycles. The van der Waals surface area contributed by atoms with Gasteiger partial charge in [-0.15, -0.1) is 0 Å². The maximum absolute atomic E-state index is 12.2. The molecule has 4 heteroatoms. The fraction of sp³-hybridized carbons (Fsp3) is 0.500. The van der Waals surface area contributed by atoms with Crippen LogP contribution >= 0.6 is 11.6 Å². The lowest BCUT2D eigenvalue weighted by Crippen LogP contribution is -2.31. The van der Waals surface area contributed by atoms with Crippen molar-refractivity contribution in [2.75, 3.05) is 0 Å². The second-order valence-corrected chi connectivity index (χ2v) is 6.46. The van der Waals surface area contributed by atoms with Crippen LogP contribution in [0.25, 0.3) is 0 Å². The number of rotatable bonds is 2. The number of benzene rings is 1. The first-order valence-electron chi connectivity index (χ1n) is 5.58. The summed E-state index contributed by atoms with van der Waals surface area (Å²) in [5.41, 5.74) is 5.84. The summed E-state index contributed by atoms with van der Waals surface area (Å²) in [4.78, 5) is 0.880. The minimum absolute atomic E-state index is 0.265. The van der Waals surface area contributed by atoms with Crippen LogP contribution in [0.3, 0.4) is 0 Å². The zero-order valence-corrected chi connectivity index (χ0v) is 10.6. The van der Waals surface area contributed by atoms with Gasteiger partial charge in [-0.25, -0.2) is 0 Å². The lowest BCUT2D eigenvalue weighted by Gasteiger charge is -2.25. The van der Waals surface area contributed by atoms with Crippen LogP contribution in [0.2, 0.25) is 5.02 Å². The van der Waals surface area contributed by atoms with Gasteiger partial charge in [-0.1, -0.05) is 11.6 Å². The van der Waals surface area contributed by atoms with Crippen LogP contribution in [-0.2, 0) is 10.8 Å². The van der Waals surface area contributed by atoms with E-state index in [2.05, 4.69) is 0 Å². The van der Waals surface area contributed by atoms with Crippen molar-refractivity contribution < 1.29 is 4.21 Å². The summed E-state index contributed by atoms with van der Waals surface area (Å²) < 4.78 is 12.2. The first kappa shape index (κ1) is 12.1. The van der Waals surface area contributed by atoms with Crippen molar-refractivity contribution in [1.29, 1.82) is 0 Å². The van der Waals surface area contributed by atoms with Gasteiger partial charge in [0.25, 0.3) is 0 Å². The number of halogens is 1. The predicted octanol–water partition coefficient (Wildman–Crippen LogP) is 2.72. The smallest absolute Gasteiger partial charge is 0.0560 e. The second kappa shape index (κ2) is 5.30. The molecule has 1 aliphatic carbocycles. The van der Waals surface area contributed by atoms with Crippen molar-refractivity contribution in [3.63, 3.8) is 0 Å². The molecule has 0 saturated heterocycles. The Morgan fingerprint density at radius 2 is 1.69 bits per heavy atom. The van der Waals surface area contributed by atoms with E-state index in [9.17, 15) is 4.21 Å². The van der Waals surface area contributed by atoms with Gasteiger partial charge in [-0.05, 0) is 49.9 Å². The van der Waals surface area contributed by atoms with Crippen LogP contribution in [0.4, 0.5) is 0 Å². The summed E-state index contributed by atoms with van der Waals surface area (Å²) in [6.45, 7) is 0. The van der Waals surface area contributed by atoms with E-state index in [1.54, 1.807) is 12.1 Å². The molecule has 1 aromatic rings. The molecule has 1 atom stereocenters. The third-order valence-electron chi connectivity index (χ3n) is 3.07. The molecular formula is C12H16ClNOS. The number of hydrogen-bond acceptors (Lipinski definition) is 2. The van der Waals surface area contributed by atoms with E-state index in [4.69, 9.17) is 17.3 Å². The Morgan fingerprint density at radius 3 is 2.25 bits per heavy atom. The molecule has 1 saturated carbocycles. The highest BCUT2D eigenvalue weighted by atomic mass is 35.5. The molecule has 0 bridgehead atoms. The van der Waals surface area contributed by atoms with Crippen molar-refractivity contribution in [2.45, 2.75) is 41.9 Å². The van der Waals surface area contributed by atoms with E-state index in [-0.39, 0.29) is 5.25 Å². The molecule has 0 spiro atoms. The largest absolute Gasteiger partial charge is 0.328 e. The Morgan fingerprint density at radius 1 is 1.12 bits per heavy atom. The highest BCUT2D eigenvalue weighted by molar-refractivity contribution is 7.85. The van der Waals surface area contributed by atoms with Gasteiger partial charge in [0.15, 0.2) is 0 Å². The first-order chi connectivity index (χ1) is 7.66. The zero-order valence-electron chi connectivity index (χ0n) is 9.06. The predicted molar refractivity (Wildman–Crippen MR) is 68.1 cm³/mol. The molecule has 2 nitrogen and oxygen atoms in total. The van der Waals surface area contributed by atoms with Crippen LogP contribution in [0.1, 0.15) is 25.7 Å². The molecular weight excluding hydrogens is 242 g/mol. The standard InChI is InChI=1S/C12H16ClNOS/c13-9-1-5-11(6-2-9)16(15)12-7-3-10(14)4-8-12/h1-2,5-6,10,12H,3-4,7-8,14H2. The summed E-state index contributed by atoms with van der Waals surface area (Å²) in [5, 5.41) is 0.951. The highest BCUT2D eigenvalue weighted by Crippen LogP contribution is 2.25. The summed E-state index contributed by atoms with van der Waals surface area (Å²) >= 11 is 5.81. The Hall–Kier alpha value is -0.380. The van der Waals surface area contributed by atoms with Gasteiger partial charge in [0.2, 0.25) is 0 Å². The van der Waals surface area contributed by atoms with Crippen molar-refractivity contribution in [2.24, 2.45) is 5.73 Å². The van der Waals surface area contributed by atoms with Gasteiger partial charge in [0.1, 0.15) is 0 Å². The Bertz CT molecular complexity index is 371. The summed E-state index contributed by atoms with van der Waals surface area (Å²) in [7, 11) is -0.907. The molecule has 1 unspecified atom stereocenters. The van der Waals surface area contributed by atoms with Crippen LogP contribution < -0.4 is 5.73 Å². The lowest BCUT2D eigenvalue weighted by atomic mass is 9.96. The van der Waals surface area contributed by atoms with Gasteiger partial charge >= 0.3 is 0 Å². The van der Waals surface area contributed by atoms with Gasteiger partial charge in [-0.2, -0.15) is 0 Å².